The van der Waals surface area contributed by atoms with E-state index in [1.54, 1.807) is 19.2 Å². The fraction of sp³-hybridized carbons (Fsp3) is 0.314. The minimum atomic E-state index is -0.476. The molecule has 238 valence electrons. The largest absolute Gasteiger partial charge is 0.383 e. The predicted molar refractivity (Wildman–Crippen MR) is 175 cm³/mol. The highest BCUT2D eigenvalue weighted by atomic mass is 32.2. The summed E-state index contributed by atoms with van der Waals surface area (Å²) in [6.45, 7) is 2.26. The molecule has 11 heteroatoms. The van der Waals surface area contributed by atoms with Gasteiger partial charge in [0, 0.05) is 30.7 Å². The minimum Gasteiger partial charge on any atom is -0.383 e. The molecule has 5 aromatic rings. The summed E-state index contributed by atoms with van der Waals surface area (Å²) in [7, 11) is 1.67. The highest BCUT2D eigenvalue weighted by Crippen LogP contribution is 2.28. The highest BCUT2D eigenvalue weighted by Gasteiger charge is 2.24. The van der Waals surface area contributed by atoms with Crippen LogP contribution >= 0.6 is 11.8 Å². The Labute approximate surface area is 270 Å². The second kappa shape index (κ2) is 14.9. The Morgan fingerprint density at radius 2 is 1.52 bits per heavy atom. The Kier molecular flexibility index (Phi) is 10.3. The third-order valence-electron chi connectivity index (χ3n) is 8.19. The molecule has 2 heterocycles. The van der Waals surface area contributed by atoms with Gasteiger partial charge in [0.25, 0.3) is 5.56 Å². The monoisotopic (exact) mass is 642 g/mol. The minimum absolute atomic E-state index is 0.172. The SMILES string of the molecule is COCCNCc1nnc(Cn2c(SCc3ccc(F)cc3)nc(=O)c3c2CCC3)n1Cc1ccc(-c2ccc(CF)cc2)cc1. The summed E-state index contributed by atoms with van der Waals surface area (Å²) in [5.74, 6) is 1.83. The average molecular weight is 643 g/mol. The summed E-state index contributed by atoms with van der Waals surface area (Å²) < 4.78 is 35.9. The molecule has 0 radical (unpaired) electrons. The molecule has 0 spiro atoms. The zero-order valence-electron chi connectivity index (χ0n) is 25.7. The molecule has 2 aromatic heterocycles. The van der Waals surface area contributed by atoms with Crippen molar-refractivity contribution in [3.63, 3.8) is 0 Å². The molecule has 3 aromatic carbocycles. The van der Waals surface area contributed by atoms with Crippen molar-refractivity contribution < 1.29 is 13.5 Å². The molecule has 0 aliphatic heterocycles. The van der Waals surface area contributed by atoms with E-state index in [0.717, 1.165) is 58.0 Å². The summed E-state index contributed by atoms with van der Waals surface area (Å²) >= 11 is 1.47. The van der Waals surface area contributed by atoms with Crippen molar-refractivity contribution in [1.29, 1.82) is 0 Å². The van der Waals surface area contributed by atoms with E-state index in [4.69, 9.17) is 4.74 Å². The molecule has 1 N–H and O–H groups in total. The van der Waals surface area contributed by atoms with Gasteiger partial charge in [0.1, 0.15) is 18.3 Å². The van der Waals surface area contributed by atoms with Gasteiger partial charge >= 0.3 is 0 Å². The zero-order valence-corrected chi connectivity index (χ0v) is 26.5. The van der Waals surface area contributed by atoms with E-state index in [1.165, 1.54) is 23.9 Å². The highest BCUT2D eigenvalue weighted by molar-refractivity contribution is 7.98. The van der Waals surface area contributed by atoms with E-state index in [9.17, 15) is 13.6 Å². The van der Waals surface area contributed by atoms with Crippen LogP contribution in [0.4, 0.5) is 8.78 Å². The van der Waals surface area contributed by atoms with Gasteiger partial charge in [-0.25, -0.2) is 8.78 Å². The normalized spacial score (nSPS) is 12.5. The third-order valence-corrected chi connectivity index (χ3v) is 9.24. The molecule has 0 saturated carbocycles. The van der Waals surface area contributed by atoms with Crippen molar-refractivity contribution in [1.82, 2.24) is 29.6 Å². The first-order valence-electron chi connectivity index (χ1n) is 15.4. The summed E-state index contributed by atoms with van der Waals surface area (Å²) in [4.78, 5) is 17.5. The topological polar surface area (TPSA) is 86.9 Å². The van der Waals surface area contributed by atoms with Gasteiger partial charge in [0.2, 0.25) is 0 Å². The Bertz CT molecular complexity index is 1820. The van der Waals surface area contributed by atoms with Gasteiger partial charge in [0.15, 0.2) is 11.0 Å². The maximum absolute atomic E-state index is 13.5. The van der Waals surface area contributed by atoms with Crippen LogP contribution in [-0.4, -0.2) is 44.6 Å². The van der Waals surface area contributed by atoms with Crippen molar-refractivity contribution in [3.8, 4) is 11.1 Å². The standard InChI is InChI=1S/C35H36F2N6O2S/c1-45-18-17-38-20-32-40-41-33(43(32)21-25-7-13-28(14-8-25)27-11-5-24(19-36)6-12-27)22-42-31-4-2-3-30(31)34(44)39-35(42)46-23-26-9-15-29(37)16-10-26/h5-16,38H,2-4,17-23H2,1H3. The van der Waals surface area contributed by atoms with Crippen molar-refractivity contribution in [3.05, 3.63) is 129 Å². The first kappa shape index (κ1) is 31.8. The molecule has 46 heavy (non-hydrogen) atoms. The summed E-state index contributed by atoms with van der Waals surface area (Å²) in [5.41, 5.74) is 6.37. The van der Waals surface area contributed by atoms with Crippen LogP contribution in [0.2, 0.25) is 0 Å². The number of rotatable bonds is 14. The Balaban J connectivity index is 1.30. The fourth-order valence-corrected chi connectivity index (χ4v) is 6.64. The number of halogens is 2. The smallest absolute Gasteiger partial charge is 0.277 e. The van der Waals surface area contributed by atoms with E-state index >= 15 is 0 Å². The average Bonchev–Trinajstić information content (AvgIpc) is 3.73. The van der Waals surface area contributed by atoms with Crippen LogP contribution in [0.3, 0.4) is 0 Å². The molecule has 1 aliphatic carbocycles. The molecule has 0 atom stereocenters. The van der Waals surface area contributed by atoms with E-state index in [2.05, 4.69) is 53.9 Å². The first-order chi connectivity index (χ1) is 22.5. The molecule has 1 aliphatic rings. The van der Waals surface area contributed by atoms with E-state index in [0.29, 0.717) is 55.7 Å². The maximum atomic E-state index is 13.5. The van der Waals surface area contributed by atoms with E-state index in [-0.39, 0.29) is 11.4 Å². The Morgan fingerprint density at radius 3 is 2.22 bits per heavy atom. The van der Waals surface area contributed by atoms with Crippen LogP contribution in [-0.2, 0) is 49.6 Å². The maximum Gasteiger partial charge on any atom is 0.277 e. The Hall–Kier alpha value is -4.19. The number of ether oxygens (including phenoxy) is 1. The van der Waals surface area contributed by atoms with Gasteiger partial charge in [-0.3, -0.25) is 4.79 Å². The lowest BCUT2D eigenvalue weighted by Gasteiger charge is -2.18. The summed E-state index contributed by atoms with van der Waals surface area (Å²) in [5, 5.41) is 13.2. The zero-order chi connectivity index (χ0) is 31.9. The number of hydrogen-bond donors (Lipinski definition) is 1. The second-order valence-electron chi connectivity index (χ2n) is 11.3. The number of nitrogens with one attached hydrogen (secondary N) is 1. The van der Waals surface area contributed by atoms with Crippen molar-refractivity contribution >= 4 is 11.8 Å². The lowest BCUT2D eigenvalue weighted by atomic mass is 10.0. The summed E-state index contributed by atoms with van der Waals surface area (Å²) in [6, 6.07) is 22.2. The van der Waals surface area contributed by atoms with Crippen molar-refractivity contribution in [2.75, 3.05) is 20.3 Å². The number of thioether (sulfide) groups is 1. The van der Waals surface area contributed by atoms with Crippen LogP contribution < -0.4 is 10.9 Å². The second-order valence-corrected chi connectivity index (χ2v) is 12.2. The summed E-state index contributed by atoms with van der Waals surface area (Å²) in [6.07, 6.45) is 2.42. The van der Waals surface area contributed by atoms with Gasteiger partial charge in [0.05, 0.1) is 26.2 Å². The van der Waals surface area contributed by atoms with E-state index in [1.807, 2.05) is 24.3 Å². The van der Waals surface area contributed by atoms with Crippen LogP contribution in [0.25, 0.3) is 11.1 Å². The molecule has 0 amide bonds. The molecular weight excluding hydrogens is 606 g/mol. The molecule has 0 bridgehead atoms. The number of fused-ring (bicyclic) bond motifs is 1. The van der Waals surface area contributed by atoms with Gasteiger partial charge in [-0.15, -0.1) is 10.2 Å². The number of nitrogens with zero attached hydrogens (tertiary/aromatic N) is 5. The fourth-order valence-electron chi connectivity index (χ4n) is 5.68. The van der Waals surface area contributed by atoms with Crippen LogP contribution in [0.15, 0.2) is 82.7 Å². The number of methoxy groups -OCH3 is 1. The van der Waals surface area contributed by atoms with Gasteiger partial charge < -0.3 is 19.2 Å². The van der Waals surface area contributed by atoms with Gasteiger partial charge in [-0.2, -0.15) is 4.98 Å². The molecule has 0 unspecified atom stereocenters. The number of aromatic nitrogens is 5. The number of benzene rings is 3. The first-order valence-corrected chi connectivity index (χ1v) is 16.4. The van der Waals surface area contributed by atoms with Gasteiger partial charge in [-0.05, 0) is 59.2 Å². The number of hydrogen-bond acceptors (Lipinski definition) is 7. The van der Waals surface area contributed by atoms with Crippen LogP contribution in [0.5, 0.6) is 0 Å². The molecule has 8 nitrogen and oxygen atoms in total. The lowest BCUT2D eigenvalue weighted by Crippen LogP contribution is -2.24. The van der Waals surface area contributed by atoms with Gasteiger partial charge in [-0.1, -0.05) is 72.4 Å². The van der Waals surface area contributed by atoms with E-state index < -0.39 is 6.67 Å². The quantitative estimate of drug-likeness (QED) is 0.0942. The predicted octanol–water partition coefficient (Wildman–Crippen LogP) is 5.72. The van der Waals surface area contributed by atoms with Crippen LogP contribution in [0, 0.1) is 5.82 Å². The molecule has 6 rings (SSSR count). The van der Waals surface area contributed by atoms with Crippen molar-refractivity contribution in [2.24, 2.45) is 0 Å². The molecule has 0 fully saturated rings. The molecular formula is C35H36F2N6O2S. The van der Waals surface area contributed by atoms with Crippen LogP contribution in [0.1, 0.15) is 46.0 Å². The Morgan fingerprint density at radius 1 is 0.848 bits per heavy atom. The lowest BCUT2D eigenvalue weighted by molar-refractivity contribution is 0.199. The van der Waals surface area contributed by atoms with Crippen molar-refractivity contribution in [2.45, 2.75) is 56.5 Å². The number of alkyl halides is 1. The molecule has 0 saturated heterocycles. The third kappa shape index (κ3) is 7.43.